The van der Waals surface area contributed by atoms with Gasteiger partial charge in [0.1, 0.15) is 35.5 Å². The predicted octanol–water partition coefficient (Wildman–Crippen LogP) is 6.60. The van der Waals surface area contributed by atoms with Gasteiger partial charge in [-0.25, -0.2) is 14.8 Å². The Kier molecular flexibility index (Phi) is 8.88. The summed E-state index contributed by atoms with van der Waals surface area (Å²) in [6.07, 6.45) is 1.58. The van der Waals surface area contributed by atoms with E-state index in [-0.39, 0.29) is 13.2 Å². The van der Waals surface area contributed by atoms with Crippen molar-refractivity contribution in [2.75, 3.05) is 31.7 Å². The van der Waals surface area contributed by atoms with Gasteiger partial charge in [0, 0.05) is 35.5 Å². The van der Waals surface area contributed by atoms with Gasteiger partial charge in [0.05, 0.1) is 24.4 Å². The van der Waals surface area contributed by atoms with Gasteiger partial charge in [0.2, 0.25) is 11.6 Å². The molecule has 0 saturated heterocycles. The highest BCUT2D eigenvalue weighted by atomic mass is 35.5. The van der Waals surface area contributed by atoms with Crippen LogP contribution in [0, 0.1) is 17.9 Å². The van der Waals surface area contributed by atoms with E-state index >= 15 is 0 Å². The summed E-state index contributed by atoms with van der Waals surface area (Å²) in [4.78, 5) is 15.0. The van der Waals surface area contributed by atoms with Gasteiger partial charge >= 0.3 is 0 Å². The number of aromatic nitrogens is 2. The summed E-state index contributed by atoms with van der Waals surface area (Å²) in [6, 6.07) is 16.6. The van der Waals surface area contributed by atoms with Crippen LogP contribution in [-0.2, 0) is 5.75 Å². The number of aliphatic hydroxyl groups is 1. The van der Waals surface area contributed by atoms with Crippen LogP contribution in [0.1, 0.15) is 18.2 Å². The van der Waals surface area contributed by atoms with Gasteiger partial charge < -0.3 is 19.2 Å². The molecule has 0 unspecified atom stereocenters. The van der Waals surface area contributed by atoms with E-state index in [2.05, 4.69) is 15.9 Å². The first kappa shape index (κ1) is 27.0. The minimum atomic E-state index is -0.0907. The van der Waals surface area contributed by atoms with Crippen LogP contribution in [0.4, 0.5) is 11.5 Å². The second-order valence-electron chi connectivity index (χ2n) is 8.11. The molecule has 38 heavy (non-hydrogen) atoms. The van der Waals surface area contributed by atoms with E-state index in [9.17, 15) is 5.26 Å². The van der Waals surface area contributed by atoms with Gasteiger partial charge in [-0.2, -0.15) is 5.26 Å². The molecular weight excluding hydrogens is 522 g/mol. The van der Waals surface area contributed by atoms with Gasteiger partial charge in [0.15, 0.2) is 0 Å². The third kappa shape index (κ3) is 5.92. The molecule has 10 heteroatoms. The second-order valence-corrected chi connectivity index (χ2v) is 9.51. The summed E-state index contributed by atoms with van der Waals surface area (Å²) in [6.45, 7) is 10.6. The van der Waals surface area contributed by atoms with Crippen molar-refractivity contribution in [3.63, 3.8) is 0 Å². The molecule has 4 rings (SSSR count). The number of nitrogens with zero attached hydrogens (tertiary/aromatic N) is 5. The SMILES string of the molecule is [C-]#[N+]c1c(N(C)CC)nc(SCc2coc(-c3ccc(Cl)cc3)n2)c(C#N)c1-c1ccc(OCCO)cc1. The van der Waals surface area contributed by atoms with Gasteiger partial charge in [-0.15, -0.1) is 0 Å². The third-order valence-corrected chi connectivity index (χ3v) is 6.94. The number of nitriles is 1. The van der Waals surface area contributed by atoms with Crippen LogP contribution in [0.2, 0.25) is 5.02 Å². The lowest BCUT2D eigenvalue weighted by Gasteiger charge is -2.21. The Hall–Kier alpha value is -4.02. The summed E-state index contributed by atoms with van der Waals surface area (Å²) >= 11 is 7.34. The van der Waals surface area contributed by atoms with E-state index in [1.54, 1.807) is 42.7 Å². The maximum atomic E-state index is 10.2. The number of pyridine rings is 1. The molecule has 0 spiro atoms. The van der Waals surface area contributed by atoms with E-state index < -0.39 is 0 Å². The van der Waals surface area contributed by atoms with Crippen molar-refractivity contribution < 1.29 is 14.3 Å². The normalized spacial score (nSPS) is 10.6. The van der Waals surface area contributed by atoms with Crippen molar-refractivity contribution in [3.8, 4) is 34.4 Å². The minimum absolute atomic E-state index is 0.0907. The molecule has 0 atom stereocenters. The van der Waals surface area contributed by atoms with Gasteiger partial charge in [-0.3, -0.25) is 0 Å². The molecule has 1 N–H and O–H groups in total. The predicted molar refractivity (Wildman–Crippen MR) is 149 cm³/mol. The van der Waals surface area contributed by atoms with Crippen LogP contribution >= 0.6 is 23.4 Å². The maximum Gasteiger partial charge on any atom is 0.237 e. The zero-order valence-electron chi connectivity index (χ0n) is 20.8. The fraction of sp³-hybridized carbons (Fsp3) is 0.214. The average Bonchev–Trinajstić information content (AvgIpc) is 3.43. The van der Waals surface area contributed by atoms with Crippen molar-refractivity contribution in [1.29, 1.82) is 5.26 Å². The minimum Gasteiger partial charge on any atom is -0.491 e. The van der Waals surface area contributed by atoms with Crippen molar-refractivity contribution in [2.24, 2.45) is 0 Å². The summed E-state index contributed by atoms with van der Waals surface area (Å²) in [5, 5.41) is 20.3. The molecule has 2 aromatic carbocycles. The fourth-order valence-corrected chi connectivity index (χ4v) is 4.66. The second kappa shape index (κ2) is 12.5. The van der Waals surface area contributed by atoms with Crippen LogP contribution < -0.4 is 9.64 Å². The van der Waals surface area contributed by atoms with Crippen molar-refractivity contribution in [1.82, 2.24) is 9.97 Å². The summed E-state index contributed by atoms with van der Waals surface area (Å²) in [5.41, 5.74) is 3.35. The standard InChI is InChI=1S/C28H24ClN5O3S/c1-4-34(3)26-25(31-2)24(18-7-11-22(12-8-18)36-14-13-35)23(15-30)28(33-26)38-17-21-16-37-27(32-21)19-5-9-20(29)10-6-19/h5-12,16,35H,4,13-14,17H2,1,3H3. The Bertz CT molecular complexity index is 1490. The summed E-state index contributed by atoms with van der Waals surface area (Å²) < 4.78 is 11.1. The number of ether oxygens (including phenoxy) is 1. The Labute approximate surface area is 230 Å². The molecule has 0 fully saturated rings. The number of rotatable bonds is 10. The quantitative estimate of drug-likeness (QED) is 0.176. The molecule has 0 bridgehead atoms. The lowest BCUT2D eigenvalue weighted by Crippen LogP contribution is -2.18. The van der Waals surface area contributed by atoms with Crippen LogP contribution in [0.25, 0.3) is 27.4 Å². The molecule has 192 valence electrons. The number of halogens is 1. The van der Waals surface area contributed by atoms with E-state index in [0.29, 0.717) is 67.9 Å². The lowest BCUT2D eigenvalue weighted by atomic mass is 9.99. The molecule has 0 aliphatic carbocycles. The molecule has 0 amide bonds. The van der Waals surface area contributed by atoms with Crippen molar-refractivity contribution in [3.05, 3.63) is 82.5 Å². The molecule has 0 aliphatic heterocycles. The largest absolute Gasteiger partial charge is 0.491 e. The highest BCUT2D eigenvalue weighted by Gasteiger charge is 2.24. The van der Waals surface area contributed by atoms with Crippen LogP contribution in [0.5, 0.6) is 5.75 Å². The monoisotopic (exact) mass is 545 g/mol. The Morgan fingerprint density at radius 2 is 1.87 bits per heavy atom. The number of hydrogen-bond donors (Lipinski definition) is 1. The molecule has 0 aliphatic rings. The van der Waals surface area contributed by atoms with Crippen molar-refractivity contribution in [2.45, 2.75) is 17.7 Å². The van der Waals surface area contributed by atoms with E-state index in [1.165, 1.54) is 11.8 Å². The number of hydrogen-bond acceptors (Lipinski definition) is 8. The zero-order valence-corrected chi connectivity index (χ0v) is 22.4. The molecular formula is C28H24ClN5O3S. The maximum absolute atomic E-state index is 10.2. The van der Waals surface area contributed by atoms with Gasteiger partial charge in [0.25, 0.3) is 0 Å². The smallest absolute Gasteiger partial charge is 0.237 e. The average molecular weight is 546 g/mol. The Morgan fingerprint density at radius 3 is 2.50 bits per heavy atom. The third-order valence-electron chi connectivity index (χ3n) is 5.68. The molecule has 0 radical (unpaired) electrons. The topological polar surface area (TPSA) is 99.8 Å². The first-order valence-electron chi connectivity index (χ1n) is 11.7. The summed E-state index contributed by atoms with van der Waals surface area (Å²) in [5.74, 6) is 1.98. The van der Waals surface area contributed by atoms with E-state index in [1.807, 2.05) is 31.0 Å². The summed E-state index contributed by atoms with van der Waals surface area (Å²) in [7, 11) is 1.86. The molecule has 4 aromatic rings. The number of anilines is 1. The lowest BCUT2D eigenvalue weighted by molar-refractivity contribution is 0.201. The fourth-order valence-electron chi connectivity index (χ4n) is 3.68. The number of benzene rings is 2. The Morgan fingerprint density at radius 1 is 1.16 bits per heavy atom. The molecule has 0 saturated carbocycles. The number of aliphatic hydroxyl groups excluding tert-OH is 1. The highest BCUT2D eigenvalue weighted by Crippen LogP contribution is 2.44. The molecule has 2 heterocycles. The van der Waals surface area contributed by atoms with E-state index in [4.69, 9.17) is 37.4 Å². The molecule has 8 nitrogen and oxygen atoms in total. The van der Waals surface area contributed by atoms with E-state index in [0.717, 1.165) is 5.56 Å². The number of oxazole rings is 1. The Balaban J connectivity index is 1.71. The number of thioether (sulfide) groups is 1. The zero-order chi connectivity index (χ0) is 27.1. The first-order chi connectivity index (χ1) is 18.5. The highest BCUT2D eigenvalue weighted by molar-refractivity contribution is 7.98. The van der Waals surface area contributed by atoms with Crippen LogP contribution in [0.15, 0.2) is 64.2 Å². The van der Waals surface area contributed by atoms with Crippen molar-refractivity contribution >= 4 is 34.9 Å². The van der Waals surface area contributed by atoms with Gasteiger partial charge in [-0.1, -0.05) is 35.5 Å². The first-order valence-corrected chi connectivity index (χ1v) is 13.1. The van der Waals surface area contributed by atoms with Crippen LogP contribution in [0.3, 0.4) is 0 Å². The van der Waals surface area contributed by atoms with Gasteiger partial charge in [-0.05, 0) is 48.9 Å². The molecule has 2 aromatic heterocycles. The van der Waals surface area contributed by atoms with Crippen LogP contribution in [-0.4, -0.2) is 41.9 Å².